The minimum Gasteiger partial charge on any atom is -0.482 e. The molecule has 0 aliphatic rings. The number of hydrogen-bond donors (Lipinski definition) is 1. The number of ether oxygens (including phenoxy) is 1. The first-order chi connectivity index (χ1) is 13.9. The molecule has 2 aromatic carbocycles. The number of benzene rings is 2. The van der Waals surface area contributed by atoms with Crippen molar-refractivity contribution in [1.82, 2.24) is 9.99 Å². The van der Waals surface area contributed by atoms with Crippen molar-refractivity contribution in [3.8, 4) is 11.4 Å². The van der Waals surface area contributed by atoms with Crippen LogP contribution in [-0.2, 0) is 4.79 Å². The van der Waals surface area contributed by atoms with Gasteiger partial charge in [-0.2, -0.15) is 5.10 Å². The number of para-hydroxylation sites is 1. The fraction of sp³-hybridized carbons (Fsp3) is 0.217. The fourth-order valence-electron chi connectivity index (χ4n) is 3.26. The number of carbonyl (C=O) groups is 1. The van der Waals surface area contributed by atoms with E-state index in [9.17, 15) is 4.79 Å². The predicted octanol–water partition coefficient (Wildman–Crippen LogP) is 4.89. The van der Waals surface area contributed by atoms with Gasteiger partial charge in [0, 0.05) is 22.6 Å². The van der Waals surface area contributed by atoms with Crippen LogP contribution in [0, 0.1) is 27.7 Å². The molecule has 6 heteroatoms. The lowest BCUT2D eigenvalue weighted by atomic mass is 10.1. The summed E-state index contributed by atoms with van der Waals surface area (Å²) in [6.45, 7) is 8.12. The Hall–Kier alpha value is -3.05. The normalized spacial score (nSPS) is 11.1. The molecule has 1 amide bonds. The molecule has 0 aliphatic carbocycles. The SMILES string of the molecule is Cc1ccc(-n2c(C)cc(C=NNC(=O)COc3ccccc3Cl)c2C)c(C)c1. The summed E-state index contributed by atoms with van der Waals surface area (Å²) in [7, 11) is 0. The zero-order chi connectivity index (χ0) is 21.0. The molecule has 5 nitrogen and oxygen atoms in total. The molecule has 0 bridgehead atoms. The second-order valence-corrected chi connectivity index (χ2v) is 7.37. The van der Waals surface area contributed by atoms with Gasteiger partial charge in [0.1, 0.15) is 5.75 Å². The number of nitrogens with one attached hydrogen (secondary N) is 1. The van der Waals surface area contributed by atoms with E-state index in [1.807, 2.05) is 13.0 Å². The standard InChI is InChI=1S/C23H24ClN3O2/c1-15-9-10-21(16(2)11-15)27-17(3)12-19(18(27)4)13-25-26-23(28)14-29-22-8-6-5-7-20(22)24/h5-13H,14H2,1-4H3,(H,26,28). The van der Waals surface area contributed by atoms with E-state index >= 15 is 0 Å². The van der Waals surface area contributed by atoms with Gasteiger partial charge in [0.2, 0.25) is 0 Å². The third kappa shape index (κ3) is 4.87. The third-order valence-corrected chi connectivity index (χ3v) is 4.96. The maximum absolute atomic E-state index is 12.0. The number of hydrogen-bond acceptors (Lipinski definition) is 3. The van der Waals surface area contributed by atoms with Gasteiger partial charge in [-0.25, -0.2) is 5.43 Å². The highest BCUT2D eigenvalue weighted by molar-refractivity contribution is 6.32. The number of hydrazone groups is 1. The van der Waals surface area contributed by atoms with Crippen molar-refractivity contribution < 1.29 is 9.53 Å². The lowest BCUT2D eigenvalue weighted by molar-refractivity contribution is -0.123. The van der Waals surface area contributed by atoms with Crippen LogP contribution in [-0.4, -0.2) is 23.3 Å². The first-order valence-electron chi connectivity index (χ1n) is 9.32. The second-order valence-electron chi connectivity index (χ2n) is 6.96. The van der Waals surface area contributed by atoms with Crippen LogP contribution < -0.4 is 10.2 Å². The Morgan fingerprint density at radius 1 is 1.14 bits per heavy atom. The molecule has 0 spiro atoms. The van der Waals surface area contributed by atoms with Gasteiger partial charge in [-0.1, -0.05) is 41.4 Å². The first-order valence-corrected chi connectivity index (χ1v) is 9.70. The van der Waals surface area contributed by atoms with Crippen LogP contribution in [0.3, 0.4) is 0 Å². The smallest absolute Gasteiger partial charge is 0.277 e. The number of nitrogens with zero attached hydrogens (tertiary/aromatic N) is 2. The van der Waals surface area contributed by atoms with Crippen molar-refractivity contribution in [3.63, 3.8) is 0 Å². The Morgan fingerprint density at radius 2 is 1.90 bits per heavy atom. The van der Waals surface area contributed by atoms with Crippen molar-refractivity contribution >= 4 is 23.7 Å². The van der Waals surface area contributed by atoms with Gasteiger partial charge in [0.25, 0.3) is 5.91 Å². The lowest BCUT2D eigenvalue weighted by Gasteiger charge is -2.13. The van der Waals surface area contributed by atoms with Gasteiger partial charge < -0.3 is 9.30 Å². The van der Waals surface area contributed by atoms with Crippen LogP contribution in [0.15, 0.2) is 53.6 Å². The molecule has 1 heterocycles. The van der Waals surface area contributed by atoms with E-state index in [1.165, 1.54) is 11.1 Å². The average molecular weight is 410 g/mol. The molecule has 0 unspecified atom stereocenters. The van der Waals surface area contributed by atoms with E-state index in [0.717, 1.165) is 22.6 Å². The second kappa shape index (κ2) is 8.97. The monoisotopic (exact) mass is 409 g/mol. The molecule has 29 heavy (non-hydrogen) atoms. The van der Waals surface area contributed by atoms with E-state index < -0.39 is 0 Å². The van der Waals surface area contributed by atoms with Crippen molar-refractivity contribution in [2.75, 3.05) is 6.61 Å². The Balaban J connectivity index is 1.67. The fourth-order valence-corrected chi connectivity index (χ4v) is 3.45. The van der Waals surface area contributed by atoms with Crippen molar-refractivity contribution in [1.29, 1.82) is 0 Å². The van der Waals surface area contributed by atoms with Gasteiger partial charge in [-0.3, -0.25) is 4.79 Å². The molecular weight excluding hydrogens is 386 g/mol. The summed E-state index contributed by atoms with van der Waals surface area (Å²) in [5.74, 6) is 0.106. The molecule has 0 fully saturated rings. The highest BCUT2D eigenvalue weighted by Gasteiger charge is 2.11. The summed E-state index contributed by atoms with van der Waals surface area (Å²) < 4.78 is 7.60. The maximum Gasteiger partial charge on any atom is 0.277 e. The van der Waals surface area contributed by atoms with Gasteiger partial charge in [0.15, 0.2) is 6.61 Å². The zero-order valence-corrected chi connectivity index (χ0v) is 17.7. The van der Waals surface area contributed by atoms with Gasteiger partial charge in [-0.05, 0) is 57.5 Å². The molecular formula is C23H24ClN3O2. The van der Waals surface area contributed by atoms with Gasteiger partial charge in [0.05, 0.1) is 11.2 Å². The predicted molar refractivity (Wildman–Crippen MR) is 117 cm³/mol. The van der Waals surface area contributed by atoms with E-state index in [4.69, 9.17) is 16.3 Å². The van der Waals surface area contributed by atoms with Crippen LogP contribution >= 0.6 is 11.6 Å². The molecule has 3 aromatic rings. The molecule has 0 saturated carbocycles. The minimum absolute atomic E-state index is 0.164. The van der Waals surface area contributed by atoms with Crippen LogP contribution in [0.25, 0.3) is 5.69 Å². The van der Waals surface area contributed by atoms with Crippen LogP contribution in [0.5, 0.6) is 5.75 Å². The highest BCUT2D eigenvalue weighted by Crippen LogP contribution is 2.24. The molecule has 1 N–H and O–H groups in total. The number of rotatable bonds is 6. The highest BCUT2D eigenvalue weighted by atomic mass is 35.5. The van der Waals surface area contributed by atoms with E-state index in [2.05, 4.69) is 54.1 Å². The molecule has 0 radical (unpaired) electrons. The molecule has 0 atom stereocenters. The third-order valence-electron chi connectivity index (χ3n) is 4.65. The average Bonchev–Trinajstić information content (AvgIpc) is 2.95. The van der Waals surface area contributed by atoms with E-state index in [1.54, 1.807) is 30.5 Å². The Morgan fingerprint density at radius 3 is 2.62 bits per heavy atom. The van der Waals surface area contributed by atoms with Crippen LogP contribution in [0.4, 0.5) is 0 Å². The Labute approximate surface area is 176 Å². The summed E-state index contributed by atoms with van der Waals surface area (Å²) in [5, 5.41) is 4.53. The summed E-state index contributed by atoms with van der Waals surface area (Å²) in [6.07, 6.45) is 1.65. The van der Waals surface area contributed by atoms with Crippen molar-refractivity contribution in [2.45, 2.75) is 27.7 Å². The van der Waals surface area contributed by atoms with Crippen molar-refractivity contribution in [3.05, 3.63) is 81.6 Å². The molecule has 0 saturated heterocycles. The summed E-state index contributed by atoms with van der Waals surface area (Å²) >= 11 is 6.01. The Bertz CT molecular complexity index is 1070. The van der Waals surface area contributed by atoms with Gasteiger partial charge >= 0.3 is 0 Å². The minimum atomic E-state index is -0.357. The first kappa shape index (κ1) is 20.7. The summed E-state index contributed by atoms with van der Waals surface area (Å²) in [4.78, 5) is 12.0. The number of carbonyl (C=O) groups excluding carboxylic acids is 1. The number of amides is 1. The number of aryl methyl sites for hydroxylation is 3. The van der Waals surface area contributed by atoms with E-state index in [-0.39, 0.29) is 12.5 Å². The topological polar surface area (TPSA) is 55.6 Å². The lowest BCUT2D eigenvalue weighted by Crippen LogP contribution is -2.24. The number of halogens is 1. The maximum atomic E-state index is 12.0. The molecule has 0 aliphatic heterocycles. The van der Waals surface area contributed by atoms with Crippen molar-refractivity contribution in [2.24, 2.45) is 5.10 Å². The molecule has 150 valence electrons. The summed E-state index contributed by atoms with van der Waals surface area (Å²) in [5.41, 5.74) is 9.17. The van der Waals surface area contributed by atoms with Crippen LogP contribution in [0.1, 0.15) is 28.1 Å². The zero-order valence-electron chi connectivity index (χ0n) is 17.0. The molecule has 3 rings (SSSR count). The van der Waals surface area contributed by atoms with Gasteiger partial charge in [-0.15, -0.1) is 0 Å². The number of aromatic nitrogens is 1. The quantitative estimate of drug-likeness (QED) is 0.465. The summed E-state index contributed by atoms with van der Waals surface area (Å²) in [6, 6.07) is 15.5. The largest absolute Gasteiger partial charge is 0.482 e. The molecule has 1 aromatic heterocycles. The van der Waals surface area contributed by atoms with E-state index in [0.29, 0.717) is 10.8 Å². The Kier molecular flexibility index (Phi) is 6.39. The van der Waals surface area contributed by atoms with Crippen LogP contribution in [0.2, 0.25) is 5.02 Å².